The molecule has 0 aromatic heterocycles. The summed E-state index contributed by atoms with van der Waals surface area (Å²) in [5, 5.41) is 0.611. The molecule has 60 valence electrons. The van der Waals surface area contributed by atoms with Gasteiger partial charge in [0.05, 0.1) is 0 Å². The lowest BCUT2D eigenvalue weighted by Gasteiger charge is -2.32. The molecule has 0 heterocycles. The topological polar surface area (TPSA) is 0 Å². The van der Waals surface area contributed by atoms with Crippen LogP contribution < -0.4 is 0 Å². The molecule has 2 heteroatoms. The Morgan fingerprint density at radius 2 is 1.70 bits per heavy atom. The Bertz CT molecular complexity index is 102. The van der Waals surface area contributed by atoms with E-state index in [1.807, 2.05) is 0 Å². The predicted molar refractivity (Wildman–Crippen MR) is 46.8 cm³/mol. The molecular formula is C8H14Cl2. The number of halogens is 2. The highest BCUT2D eigenvalue weighted by atomic mass is 35.5. The van der Waals surface area contributed by atoms with Gasteiger partial charge in [-0.1, -0.05) is 13.8 Å². The maximum Gasteiger partial charge on any atom is 0.0378 e. The van der Waals surface area contributed by atoms with Crippen molar-refractivity contribution in [3.63, 3.8) is 0 Å². The van der Waals surface area contributed by atoms with Crippen LogP contribution in [0.25, 0.3) is 0 Å². The minimum Gasteiger partial charge on any atom is -0.123 e. The summed E-state index contributed by atoms with van der Waals surface area (Å²) in [6.45, 7) is 4.44. The fourth-order valence-corrected chi connectivity index (χ4v) is 2.56. The second-order valence-electron chi connectivity index (χ2n) is 3.42. The Balaban J connectivity index is 2.49. The molecule has 10 heavy (non-hydrogen) atoms. The van der Waals surface area contributed by atoms with E-state index in [4.69, 9.17) is 23.2 Å². The van der Waals surface area contributed by atoms with Crippen molar-refractivity contribution >= 4 is 23.2 Å². The van der Waals surface area contributed by atoms with Crippen LogP contribution >= 0.6 is 23.2 Å². The van der Waals surface area contributed by atoms with Gasteiger partial charge in [0.1, 0.15) is 0 Å². The van der Waals surface area contributed by atoms with Gasteiger partial charge in [-0.25, -0.2) is 0 Å². The summed E-state index contributed by atoms with van der Waals surface area (Å²) in [4.78, 5) is 0. The van der Waals surface area contributed by atoms with Crippen molar-refractivity contribution in [3.8, 4) is 0 Å². The van der Waals surface area contributed by atoms with Crippen LogP contribution in [0.1, 0.15) is 26.7 Å². The standard InChI is InChI=1S/C8H14Cl2/c1-5-3-7(9)4-8(10)6(5)2/h5-8H,3-4H2,1-2H3. The van der Waals surface area contributed by atoms with Gasteiger partial charge in [0, 0.05) is 10.8 Å². The first-order valence-electron chi connectivity index (χ1n) is 3.89. The average Bonchev–Trinajstić information content (AvgIpc) is 1.82. The highest BCUT2D eigenvalue weighted by molar-refractivity contribution is 6.23. The second-order valence-corrected chi connectivity index (χ2v) is 4.60. The number of hydrogen-bond acceptors (Lipinski definition) is 0. The average molecular weight is 181 g/mol. The van der Waals surface area contributed by atoms with Gasteiger partial charge in [-0.3, -0.25) is 0 Å². The van der Waals surface area contributed by atoms with Gasteiger partial charge in [-0.15, -0.1) is 23.2 Å². The molecule has 0 radical (unpaired) electrons. The minimum atomic E-state index is 0.297. The summed E-state index contributed by atoms with van der Waals surface area (Å²) in [7, 11) is 0. The zero-order valence-corrected chi connectivity index (χ0v) is 7.99. The van der Waals surface area contributed by atoms with Gasteiger partial charge in [0.25, 0.3) is 0 Å². The van der Waals surface area contributed by atoms with Crippen molar-refractivity contribution in [2.45, 2.75) is 37.4 Å². The van der Waals surface area contributed by atoms with E-state index in [1.54, 1.807) is 0 Å². The summed E-state index contributed by atoms with van der Waals surface area (Å²) < 4.78 is 0. The molecule has 0 N–H and O–H groups in total. The van der Waals surface area contributed by atoms with Gasteiger partial charge in [-0.2, -0.15) is 0 Å². The molecule has 1 rings (SSSR count). The fourth-order valence-electron chi connectivity index (χ4n) is 1.53. The summed E-state index contributed by atoms with van der Waals surface area (Å²) in [5.74, 6) is 1.33. The van der Waals surface area contributed by atoms with Gasteiger partial charge >= 0.3 is 0 Å². The molecule has 0 bridgehead atoms. The summed E-state index contributed by atoms with van der Waals surface area (Å²) in [5.41, 5.74) is 0. The lowest BCUT2D eigenvalue weighted by atomic mass is 9.81. The summed E-state index contributed by atoms with van der Waals surface area (Å²) in [6.07, 6.45) is 2.11. The van der Waals surface area contributed by atoms with Gasteiger partial charge < -0.3 is 0 Å². The lowest BCUT2D eigenvalue weighted by Crippen LogP contribution is -2.30. The molecule has 0 aromatic rings. The largest absolute Gasteiger partial charge is 0.123 e. The van der Waals surface area contributed by atoms with Crippen LogP contribution in [-0.4, -0.2) is 10.8 Å². The first kappa shape index (κ1) is 8.67. The van der Waals surface area contributed by atoms with E-state index in [0.29, 0.717) is 22.6 Å². The summed E-state index contributed by atoms with van der Waals surface area (Å²) >= 11 is 12.1. The molecule has 0 spiro atoms. The van der Waals surface area contributed by atoms with Crippen LogP contribution in [0.2, 0.25) is 0 Å². The Kier molecular flexibility index (Phi) is 2.88. The SMILES string of the molecule is CC1CC(Cl)CC(Cl)C1C. The summed E-state index contributed by atoms with van der Waals surface area (Å²) in [6, 6.07) is 0. The van der Waals surface area contributed by atoms with Crippen molar-refractivity contribution in [1.82, 2.24) is 0 Å². The molecule has 0 saturated heterocycles. The van der Waals surface area contributed by atoms with E-state index >= 15 is 0 Å². The molecule has 0 aliphatic heterocycles. The first-order valence-corrected chi connectivity index (χ1v) is 4.76. The van der Waals surface area contributed by atoms with E-state index in [2.05, 4.69) is 13.8 Å². The Morgan fingerprint density at radius 3 is 2.20 bits per heavy atom. The van der Waals surface area contributed by atoms with E-state index in [-0.39, 0.29) is 0 Å². The van der Waals surface area contributed by atoms with Gasteiger partial charge in [-0.05, 0) is 24.7 Å². The van der Waals surface area contributed by atoms with E-state index in [0.717, 1.165) is 12.8 Å². The normalized spacial score (nSPS) is 49.2. The Hall–Kier alpha value is 0.580. The Labute approximate surface area is 72.9 Å². The van der Waals surface area contributed by atoms with E-state index in [1.165, 1.54) is 0 Å². The third kappa shape index (κ3) is 1.79. The zero-order valence-electron chi connectivity index (χ0n) is 6.48. The maximum atomic E-state index is 6.07. The molecule has 1 aliphatic carbocycles. The van der Waals surface area contributed by atoms with Crippen LogP contribution in [0.3, 0.4) is 0 Å². The zero-order chi connectivity index (χ0) is 7.72. The molecule has 0 amide bonds. The van der Waals surface area contributed by atoms with Crippen LogP contribution in [0.15, 0.2) is 0 Å². The minimum absolute atomic E-state index is 0.297. The third-order valence-corrected chi connectivity index (χ3v) is 3.51. The van der Waals surface area contributed by atoms with E-state index in [9.17, 15) is 0 Å². The smallest absolute Gasteiger partial charge is 0.0378 e. The van der Waals surface area contributed by atoms with Crippen LogP contribution in [0.4, 0.5) is 0 Å². The number of alkyl halides is 2. The van der Waals surface area contributed by atoms with Crippen LogP contribution in [-0.2, 0) is 0 Å². The quantitative estimate of drug-likeness (QED) is 0.503. The molecule has 4 unspecified atom stereocenters. The molecule has 0 aromatic carbocycles. The van der Waals surface area contributed by atoms with Crippen molar-refractivity contribution in [1.29, 1.82) is 0 Å². The maximum absolute atomic E-state index is 6.07. The van der Waals surface area contributed by atoms with Crippen molar-refractivity contribution in [3.05, 3.63) is 0 Å². The van der Waals surface area contributed by atoms with Gasteiger partial charge in [0.15, 0.2) is 0 Å². The third-order valence-electron chi connectivity index (χ3n) is 2.58. The van der Waals surface area contributed by atoms with Crippen LogP contribution in [0.5, 0.6) is 0 Å². The number of hydrogen-bond donors (Lipinski definition) is 0. The molecule has 0 nitrogen and oxygen atoms in total. The Morgan fingerprint density at radius 1 is 1.10 bits per heavy atom. The van der Waals surface area contributed by atoms with Crippen molar-refractivity contribution < 1.29 is 0 Å². The fraction of sp³-hybridized carbons (Fsp3) is 1.00. The monoisotopic (exact) mass is 180 g/mol. The molecule has 1 saturated carbocycles. The molecular weight excluding hydrogens is 167 g/mol. The van der Waals surface area contributed by atoms with Crippen molar-refractivity contribution in [2.75, 3.05) is 0 Å². The second kappa shape index (κ2) is 3.32. The highest BCUT2D eigenvalue weighted by Crippen LogP contribution is 2.35. The molecule has 1 fully saturated rings. The molecule has 4 atom stereocenters. The lowest BCUT2D eigenvalue weighted by molar-refractivity contribution is 0.287. The number of rotatable bonds is 0. The molecule has 1 aliphatic rings. The highest BCUT2D eigenvalue weighted by Gasteiger charge is 2.30. The van der Waals surface area contributed by atoms with Crippen molar-refractivity contribution in [2.24, 2.45) is 11.8 Å². The predicted octanol–water partition coefficient (Wildman–Crippen LogP) is 3.27. The van der Waals surface area contributed by atoms with Gasteiger partial charge in [0.2, 0.25) is 0 Å². The van der Waals surface area contributed by atoms with Crippen LogP contribution in [0, 0.1) is 11.8 Å². The first-order chi connectivity index (χ1) is 4.61. The van der Waals surface area contributed by atoms with E-state index < -0.39 is 0 Å².